The van der Waals surface area contributed by atoms with E-state index in [1.54, 1.807) is 16.8 Å². The zero-order valence-corrected chi connectivity index (χ0v) is 14.7. The van der Waals surface area contributed by atoms with Gasteiger partial charge in [-0.3, -0.25) is 4.79 Å². The Morgan fingerprint density at radius 1 is 1.15 bits per heavy atom. The maximum absolute atomic E-state index is 13.1. The molecule has 0 spiro atoms. The Kier molecular flexibility index (Phi) is 4.34. The highest BCUT2D eigenvalue weighted by Crippen LogP contribution is 2.37. The van der Waals surface area contributed by atoms with Crippen LogP contribution in [-0.4, -0.2) is 26.0 Å². The van der Waals surface area contributed by atoms with Gasteiger partial charge in [-0.25, -0.2) is 9.07 Å². The number of carbonyl (C=O) groups excluding carboxylic acids is 1. The number of halogens is 1. The molecule has 2 aromatic carbocycles. The van der Waals surface area contributed by atoms with Crippen molar-refractivity contribution in [1.29, 1.82) is 0 Å². The second-order valence-electron chi connectivity index (χ2n) is 5.92. The molecule has 1 aliphatic rings. The summed E-state index contributed by atoms with van der Waals surface area (Å²) in [7, 11) is 0. The Morgan fingerprint density at radius 3 is 2.62 bits per heavy atom. The number of amides is 1. The maximum Gasteiger partial charge on any atom is 0.240 e. The van der Waals surface area contributed by atoms with E-state index >= 15 is 0 Å². The van der Waals surface area contributed by atoms with Crippen LogP contribution in [0, 0.1) is 12.7 Å². The predicted octanol–water partition coefficient (Wildman–Crippen LogP) is 3.12. The first-order valence-electron chi connectivity index (χ1n) is 8.08. The smallest absolute Gasteiger partial charge is 0.240 e. The van der Waals surface area contributed by atoms with Gasteiger partial charge in [0.05, 0.1) is 6.04 Å². The molecule has 2 heterocycles. The Hall–Kier alpha value is -2.87. The third-order valence-electron chi connectivity index (χ3n) is 4.13. The number of aryl methyl sites for hydroxylation is 1. The first kappa shape index (κ1) is 16.6. The number of rotatable bonds is 3. The summed E-state index contributed by atoms with van der Waals surface area (Å²) in [6, 6.07) is 15.2. The molecule has 0 bridgehead atoms. The summed E-state index contributed by atoms with van der Waals surface area (Å²) in [6.45, 7) is 1.85. The molecular weight excluding hydrogens is 353 g/mol. The first-order valence-corrected chi connectivity index (χ1v) is 8.96. The number of thioether (sulfide) groups is 1. The van der Waals surface area contributed by atoms with Crippen LogP contribution in [0.15, 0.2) is 59.8 Å². The monoisotopic (exact) mass is 369 g/mol. The molecule has 0 aliphatic carbocycles. The van der Waals surface area contributed by atoms with Crippen LogP contribution in [0.5, 0.6) is 0 Å². The normalized spacial score (nSPS) is 18.7. The number of nitrogens with zero attached hydrogens (tertiary/aromatic N) is 3. The van der Waals surface area contributed by atoms with Gasteiger partial charge >= 0.3 is 0 Å². The van der Waals surface area contributed by atoms with Crippen LogP contribution in [0.4, 0.5) is 10.1 Å². The molecule has 0 saturated carbocycles. The highest BCUT2D eigenvalue weighted by atomic mass is 32.2. The number of fused-ring (bicyclic) bond motifs is 1. The molecule has 0 unspecified atom stereocenters. The summed E-state index contributed by atoms with van der Waals surface area (Å²) < 4.78 is 14.9. The summed E-state index contributed by atoms with van der Waals surface area (Å²) in [5.41, 5.74) is 4.87. The van der Waals surface area contributed by atoms with E-state index in [-0.39, 0.29) is 17.8 Å². The van der Waals surface area contributed by atoms with Crippen molar-refractivity contribution < 1.29 is 9.18 Å². The van der Waals surface area contributed by atoms with Gasteiger partial charge in [-0.15, -0.1) is 10.2 Å². The SMILES string of the molecule is Cc1nnc2n1N[C@@H](c1ccccc1)[C@@H](C(=O)Nc1ccc(F)cc1)S2. The summed E-state index contributed by atoms with van der Waals surface area (Å²) in [5, 5.41) is 11.2. The molecule has 0 saturated heterocycles. The Labute approximate surface area is 153 Å². The minimum Gasteiger partial charge on any atom is -0.325 e. The topological polar surface area (TPSA) is 71.8 Å². The van der Waals surface area contributed by atoms with Crippen molar-refractivity contribution in [2.24, 2.45) is 0 Å². The minimum atomic E-state index is -0.460. The van der Waals surface area contributed by atoms with Crippen molar-refractivity contribution >= 4 is 23.4 Å². The van der Waals surface area contributed by atoms with Gasteiger partial charge in [0.25, 0.3) is 0 Å². The van der Waals surface area contributed by atoms with Crippen LogP contribution in [0.1, 0.15) is 17.4 Å². The lowest BCUT2D eigenvalue weighted by molar-refractivity contribution is -0.116. The van der Waals surface area contributed by atoms with Gasteiger partial charge < -0.3 is 10.7 Å². The van der Waals surface area contributed by atoms with E-state index in [0.717, 1.165) is 11.4 Å². The summed E-state index contributed by atoms with van der Waals surface area (Å²) >= 11 is 1.35. The zero-order valence-electron chi connectivity index (χ0n) is 13.9. The Morgan fingerprint density at radius 2 is 1.88 bits per heavy atom. The first-order chi connectivity index (χ1) is 12.6. The molecular formula is C18H16FN5OS. The van der Waals surface area contributed by atoms with E-state index in [4.69, 9.17) is 0 Å². The van der Waals surface area contributed by atoms with Crippen molar-refractivity contribution in [3.05, 3.63) is 71.8 Å². The average molecular weight is 369 g/mol. The van der Waals surface area contributed by atoms with E-state index in [1.165, 1.54) is 23.9 Å². The second-order valence-corrected chi connectivity index (χ2v) is 7.03. The third-order valence-corrected chi connectivity index (χ3v) is 5.34. The van der Waals surface area contributed by atoms with E-state index < -0.39 is 5.25 Å². The van der Waals surface area contributed by atoms with E-state index in [1.807, 2.05) is 37.3 Å². The largest absolute Gasteiger partial charge is 0.325 e. The van der Waals surface area contributed by atoms with Crippen molar-refractivity contribution in [3.8, 4) is 0 Å². The fourth-order valence-corrected chi connectivity index (χ4v) is 3.94. The number of hydrogen-bond donors (Lipinski definition) is 2. The van der Waals surface area contributed by atoms with Gasteiger partial charge in [0.1, 0.15) is 16.9 Å². The van der Waals surface area contributed by atoms with Crippen LogP contribution in [0.2, 0.25) is 0 Å². The van der Waals surface area contributed by atoms with Crippen LogP contribution in [0.3, 0.4) is 0 Å². The van der Waals surface area contributed by atoms with Crippen LogP contribution in [-0.2, 0) is 4.79 Å². The van der Waals surface area contributed by atoms with Gasteiger partial charge in [-0.2, -0.15) is 0 Å². The number of nitrogens with one attached hydrogen (secondary N) is 2. The van der Waals surface area contributed by atoms with E-state index in [9.17, 15) is 9.18 Å². The number of hydrogen-bond acceptors (Lipinski definition) is 5. The fourth-order valence-electron chi connectivity index (χ4n) is 2.82. The molecule has 1 aromatic heterocycles. The van der Waals surface area contributed by atoms with E-state index in [2.05, 4.69) is 20.9 Å². The van der Waals surface area contributed by atoms with Gasteiger partial charge in [0, 0.05) is 5.69 Å². The van der Waals surface area contributed by atoms with Crippen molar-refractivity contribution in [2.45, 2.75) is 23.4 Å². The minimum absolute atomic E-state index is 0.185. The molecule has 26 heavy (non-hydrogen) atoms. The standard InChI is InChI=1S/C18H16FN5OS/c1-11-21-22-18-24(11)23-15(12-5-3-2-4-6-12)16(26-18)17(25)20-14-9-7-13(19)8-10-14/h2-10,15-16,23H,1H3,(H,20,25)/t15-,16-/m0/s1. The van der Waals surface area contributed by atoms with Crippen molar-refractivity contribution in [1.82, 2.24) is 14.9 Å². The molecule has 2 N–H and O–H groups in total. The average Bonchev–Trinajstić information content (AvgIpc) is 3.03. The Balaban J connectivity index is 1.64. The van der Waals surface area contributed by atoms with Crippen LogP contribution < -0.4 is 10.7 Å². The molecule has 132 valence electrons. The van der Waals surface area contributed by atoms with E-state index in [0.29, 0.717) is 10.8 Å². The lowest BCUT2D eigenvalue weighted by Gasteiger charge is -2.32. The van der Waals surface area contributed by atoms with Crippen LogP contribution in [0.25, 0.3) is 0 Å². The highest BCUT2D eigenvalue weighted by Gasteiger charge is 2.37. The fraction of sp³-hybridized carbons (Fsp3) is 0.167. The molecule has 4 rings (SSSR count). The number of aromatic nitrogens is 3. The van der Waals surface area contributed by atoms with Crippen LogP contribution >= 0.6 is 11.8 Å². The summed E-state index contributed by atoms with van der Waals surface area (Å²) in [5.74, 6) is 0.197. The van der Waals surface area contributed by atoms with Gasteiger partial charge in [-0.1, -0.05) is 42.1 Å². The number of anilines is 1. The van der Waals surface area contributed by atoms with Crippen molar-refractivity contribution in [3.63, 3.8) is 0 Å². The van der Waals surface area contributed by atoms with Gasteiger partial charge in [0.15, 0.2) is 0 Å². The van der Waals surface area contributed by atoms with Gasteiger partial charge in [0.2, 0.25) is 11.1 Å². The van der Waals surface area contributed by atoms with Gasteiger partial charge in [-0.05, 0) is 36.8 Å². The molecule has 3 aromatic rings. The second kappa shape index (κ2) is 6.80. The third kappa shape index (κ3) is 3.15. The molecule has 1 aliphatic heterocycles. The Bertz CT molecular complexity index is 929. The molecule has 0 fully saturated rings. The molecule has 0 radical (unpaired) electrons. The number of benzene rings is 2. The quantitative estimate of drug-likeness (QED) is 0.742. The summed E-state index contributed by atoms with van der Waals surface area (Å²) in [4.78, 5) is 12.9. The molecule has 2 atom stereocenters. The molecule has 8 heteroatoms. The van der Waals surface area contributed by atoms with Crippen molar-refractivity contribution in [2.75, 3.05) is 10.7 Å². The lowest BCUT2D eigenvalue weighted by atomic mass is 10.0. The number of carbonyl (C=O) groups is 1. The molecule has 6 nitrogen and oxygen atoms in total. The lowest BCUT2D eigenvalue weighted by Crippen LogP contribution is -2.41. The zero-order chi connectivity index (χ0) is 18.1. The maximum atomic E-state index is 13.1. The predicted molar refractivity (Wildman–Crippen MR) is 98.0 cm³/mol. The molecule has 1 amide bonds. The summed E-state index contributed by atoms with van der Waals surface area (Å²) in [6.07, 6.45) is 0. The highest BCUT2D eigenvalue weighted by molar-refractivity contribution is 8.00.